The van der Waals surface area contributed by atoms with Crippen molar-refractivity contribution in [2.75, 3.05) is 5.32 Å². The van der Waals surface area contributed by atoms with Gasteiger partial charge >= 0.3 is 0 Å². The lowest BCUT2D eigenvalue weighted by molar-refractivity contribution is 0.176. The SMILES string of the molecule is Fc1c(Cl)nc(C2CC2)nc1Nc1cc([C@H]2C[C@H](F)C2)[nH]n1. The maximum Gasteiger partial charge on any atom is 0.203 e. The number of aromatic amines is 1. The molecule has 0 unspecified atom stereocenters. The number of alkyl halides is 1. The molecule has 2 aliphatic rings. The molecule has 4 rings (SSSR count). The third-order valence-electron chi connectivity index (χ3n) is 4.14. The van der Waals surface area contributed by atoms with Crippen LogP contribution in [0.4, 0.5) is 20.4 Å². The summed E-state index contributed by atoms with van der Waals surface area (Å²) in [6, 6.07) is 1.75. The molecule has 5 nitrogen and oxygen atoms in total. The number of hydrogen-bond acceptors (Lipinski definition) is 4. The molecule has 0 radical (unpaired) electrons. The number of nitrogens with one attached hydrogen (secondary N) is 2. The van der Waals surface area contributed by atoms with E-state index in [1.807, 2.05) is 0 Å². The molecule has 2 N–H and O–H groups in total. The third kappa shape index (κ3) is 2.54. The molecule has 0 amide bonds. The lowest BCUT2D eigenvalue weighted by atomic mass is 9.81. The molecule has 0 saturated heterocycles. The quantitative estimate of drug-likeness (QED) is 0.838. The Balaban J connectivity index is 1.55. The van der Waals surface area contributed by atoms with Crippen LogP contribution in [-0.2, 0) is 0 Å². The number of H-pyrrole nitrogens is 1. The number of halogens is 3. The molecule has 0 bridgehead atoms. The summed E-state index contributed by atoms with van der Waals surface area (Å²) in [5.41, 5.74) is 0.847. The topological polar surface area (TPSA) is 66.5 Å². The van der Waals surface area contributed by atoms with Crippen molar-refractivity contribution in [3.05, 3.63) is 28.6 Å². The number of rotatable bonds is 4. The third-order valence-corrected chi connectivity index (χ3v) is 4.39. The summed E-state index contributed by atoms with van der Waals surface area (Å²) in [7, 11) is 0. The van der Waals surface area contributed by atoms with E-state index in [4.69, 9.17) is 11.6 Å². The van der Waals surface area contributed by atoms with Crippen LogP contribution >= 0.6 is 11.6 Å². The van der Waals surface area contributed by atoms with Crippen LogP contribution in [-0.4, -0.2) is 26.3 Å². The molecule has 116 valence electrons. The van der Waals surface area contributed by atoms with Crippen molar-refractivity contribution in [1.82, 2.24) is 20.2 Å². The molecule has 2 fully saturated rings. The van der Waals surface area contributed by atoms with Gasteiger partial charge in [-0.25, -0.2) is 14.4 Å². The molecule has 22 heavy (non-hydrogen) atoms. The van der Waals surface area contributed by atoms with Crippen LogP contribution in [0.2, 0.25) is 5.15 Å². The van der Waals surface area contributed by atoms with Crippen LogP contribution in [0, 0.1) is 5.82 Å². The van der Waals surface area contributed by atoms with E-state index in [0.29, 0.717) is 24.5 Å². The van der Waals surface area contributed by atoms with E-state index in [1.165, 1.54) is 0 Å². The average molecular weight is 326 g/mol. The largest absolute Gasteiger partial charge is 0.321 e. The summed E-state index contributed by atoms with van der Waals surface area (Å²) < 4.78 is 26.9. The van der Waals surface area contributed by atoms with E-state index in [2.05, 4.69) is 25.5 Å². The average Bonchev–Trinajstić information content (AvgIpc) is 3.21. The molecule has 2 aromatic rings. The highest BCUT2D eigenvalue weighted by atomic mass is 35.5. The predicted octanol–water partition coefficient (Wildman–Crippen LogP) is 3.83. The summed E-state index contributed by atoms with van der Waals surface area (Å²) in [5, 5.41) is 9.56. The zero-order valence-corrected chi connectivity index (χ0v) is 12.4. The molecule has 0 aliphatic heterocycles. The van der Waals surface area contributed by atoms with Crippen LogP contribution < -0.4 is 5.32 Å². The van der Waals surface area contributed by atoms with Gasteiger partial charge in [0.15, 0.2) is 16.8 Å². The van der Waals surface area contributed by atoms with Gasteiger partial charge in [0, 0.05) is 23.6 Å². The summed E-state index contributed by atoms with van der Waals surface area (Å²) in [6.45, 7) is 0. The minimum Gasteiger partial charge on any atom is -0.321 e. The first-order chi connectivity index (χ1) is 10.6. The Morgan fingerprint density at radius 2 is 2.00 bits per heavy atom. The first-order valence-corrected chi connectivity index (χ1v) is 7.67. The molecule has 2 heterocycles. The van der Waals surface area contributed by atoms with Crippen molar-refractivity contribution >= 4 is 23.2 Å². The van der Waals surface area contributed by atoms with Gasteiger partial charge in [-0.3, -0.25) is 5.10 Å². The maximum absolute atomic E-state index is 14.0. The second-order valence-electron chi connectivity index (χ2n) is 5.91. The Morgan fingerprint density at radius 1 is 1.23 bits per heavy atom. The molecular weight excluding hydrogens is 312 g/mol. The Morgan fingerprint density at radius 3 is 2.68 bits per heavy atom. The molecule has 2 aromatic heterocycles. The van der Waals surface area contributed by atoms with Gasteiger partial charge < -0.3 is 5.32 Å². The van der Waals surface area contributed by atoms with Gasteiger partial charge in [0.2, 0.25) is 5.82 Å². The van der Waals surface area contributed by atoms with Gasteiger partial charge in [-0.2, -0.15) is 9.49 Å². The zero-order valence-electron chi connectivity index (χ0n) is 11.6. The molecule has 8 heteroatoms. The molecule has 2 saturated carbocycles. The number of aromatic nitrogens is 4. The van der Waals surface area contributed by atoms with Crippen molar-refractivity contribution in [2.45, 2.75) is 43.7 Å². The van der Waals surface area contributed by atoms with Crippen molar-refractivity contribution < 1.29 is 8.78 Å². The maximum atomic E-state index is 14.0. The van der Waals surface area contributed by atoms with Crippen molar-refractivity contribution in [2.24, 2.45) is 0 Å². The zero-order chi connectivity index (χ0) is 15.3. The minimum atomic E-state index is -0.732. The van der Waals surface area contributed by atoms with Crippen LogP contribution in [0.1, 0.15) is 49.0 Å². The van der Waals surface area contributed by atoms with E-state index in [9.17, 15) is 8.78 Å². The lowest BCUT2D eigenvalue weighted by Crippen LogP contribution is -2.22. The summed E-state index contributed by atoms with van der Waals surface area (Å²) in [6.07, 6.45) is 2.27. The standard InChI is InChI=1S/C14H14ClF2N5/c15-12-11(17)14(20-13(19-12)6-1-2-6)18-10-5-9(21-22-10)7-3-8(16)4-7/h5-8H,1-4H2,(H2,18,19,20,21,22)/t7-,8-. The van der Waals surface area contributed by atoms with Crippen molar-refractivity contribution in [3.63, 3.8) is 0 Å². The van der Waals surface area contributed by atoms with Gasteiger partial charge in [0.1, 0.15) is 12.0 Å². The van der Waals surface area contributed by atoms with Gasteiger partial charge in [0.05, 0.1) is 0 Å². The fraction of sp³-hybridized carbons (Fsp3) is 0.500. The fourth-order valence-electron chi connectivity index (χ4n) is 2.58. The molecule has 0 spiro atoms. The van der Waals surface area contributed by atoms with E-state index in [1.54, 1.807) is 6.07 Å². The Bertz CT molecular complexity index is 709. The molecule has 0 aromatic carbocycles. The van der Waals surface area contributed by atoms with E-state index < -0.39 is 12.0 Å². The van der Waals surface area contributed by atoms with E-state index in [-0.39, 0.29) is 22.8 Å². The fourth-order valence-corrected chi connectivity index (χ4v) is 2.75. The first-order valence-electron chi connectivity index (χ1n) is 7.29. The first kappa shape index (κ1) is 13.9. The second kappa shape index (κ2) is 5.15. The number of nitrogens with zero attached hydrogens (tertiary/aromatic N) is 3. The van der Waals surface area contributed by atoms with Crippen LogP contribution in [0.3, 0.4) is 0 Å². The monoisotopic (exact) mass is 325 g/mol. The van der Waals surface area contributed by atoms with Crippen molar-refractivity contribution in [3.8, 4) is 0 Å². The molecule has 0 atom stereocenters. The lowest BCUT2D eigenvalue weighted by Gasteiger charge is -2.28. The Kier molecular flexibility index (Phi) is 3.25. The second-order valence-corrected chi connectivity index (χ2v) is 6.27. The van der Waals surface area contributed by atoms with E-state index in [0.717, 1.165) is 18.5 Å². The minimum absolute atomic E-state index is 0.0249. The number of anilines is 2. The summed E-state index contributed by atoms with van der Waals surface area (Å²) in [4.78, 5) is 8.17. The summed E-state index contributed by atoms with van der Waals surface area (Å²) in [5.74, 6) is 0.750. The normalized spacial score (nSPS) is 24.1. The summed E-state index contributed by atoms with van der Waals surface area (Å²) >= 11 is 5.82. The highest BCUT2D eigenvalue weighted by Gasteiger charge is 2.32. The Hall–Kier alpha value is -1.76. The highest BCUT2D eigenvalue weighted by molar-refractivity contribution is 6.29. The molecule has 2 aliphatic carbocycles. The number of hydrogen-bond donors (Lipinski definition) is 2. The van der Waals surface area contributed by atoms with E-state index >= 15 is 0 Å². The van der Waals surface area contributed by atoms with Crippen LogP contribution in [0.15, 0.2) is 6.07 Å². The molecular formula is C14H14ClF2N5. The predicted molar refractivity (Wildman–Crippen MR) is 77.7 cm³/mol. The smallest absolute Gasteiger partial charge is 0.203 e. The van der Waals surface area contributed by atoms with Gasteiger partial charge in [-0.15, -0.1) is 0 Å². The van der Waals surface area contributed by atoms with Gasteiger partial charge in [-0.05, 0) is 25.7 Å². The van der Waals surface area contributed by atoms with Crippen LogP contribution in [0.25, 0.3) is 0 Å². The highest BCUT2D eigenvalue weighted by Crippen LogP contribution is 2.40. The van der Waals surface area contributed by atoms with Crippen molar-refractivity contribution in [1.29, 1.82) is 0 Å². The van der Waals surface area contributed by atoms with Crippen LogP contribution in [0.5, 0.6) is 0 Å². The van der Waals surface area contributed by atoms with Gasteiger partial charge in [-0.1, -0.05) is 11.6 Å². The van der Waals surface area contributed by atoms with Gasteiger partial charge in [0.25, 0.3) is 0 Å². The Labute approximate surface area is 130 Å².